The lowest BCUT2D eigenvalue weighted by molar-refractivity contribution is 0.717. The Hall–Kier alpha value is -3.12. The number of hydrogen-bond acceptors (Lipinski definition) is 4. The molecule has 6 heteroatoms. The first-order chi connectivity index (χ1) is 12.6. The number of aromatic nitrogens is 4. The van der Waals surface area contributed by atoms with Gasteiger partial charge in [-0.1, -0.05) is 72.9 Å². The van der Waals surface area contributed by atoms with Crippen LogP contribution in [0.4, 0.5) is 0 Å². The van der Waals surface area contributed by atoms with E-state index in [0.29, 0.717) is 15.8 Å². The highest BCUT2D eigenvalue weighted by Crippen LogP contribution is 2.30. The minimum Gasteiger partial charge on any atom is -0.286 e. The molecule has 2 aromatic carbocycles. The molecule has 0 radical (unpaired) electrons. The summed E-state index contributed by atoms with van der Waals surface area (Å²) in [6.45, 7) is 0. The van der Waals surface area contributed by atoms with Crippen molar-refractivity contribution in [1.82, 2.24) is 19.1 Å². The number of fused-ring (bicyclic) bond motifs is 1. The minimum atomic E-state index is -0.219. The molecule has 5 nitrogen and oxygen atoms in total. The number of nitrogens with zero attached hydrogens (tertiary/aromatic N) is 4. The normalized spacial score (nSPS) is 11.0. The maximum Gasteiger partial charge on any atom is 0.330 e. The van der Waals surface area contributed by atoms with Crippen molar-refractivity contribution in [2.75, 3.05) is 0 Å². The second kappa shape index (κ2) is 6.31. The van der Waals surface area contributed by atoms with Gasteiger partial charge >= 0.3 is 5.69 Å². The molecule has 0 atom stereocenters. The van der Waals surface area contributed by atoms with Crippen LogP contribution < -0.4 is 5.69 Å². The monoisotopic (exact) mass is 360 g/mol. The first-order valence-corrected chi connectivity index (χ1v) is 8.57. The predicted molar refractivity (Wildman–Crippen MR) is 105 cm³/mol. The van der Waals surface area contributed by atoms with E-state index in [0.717, 1.165) is 22.5 Å². The van der Waals surface area contributed by atoms with Gasteiger partial charge in [0.15, 0.2) is 5.65 Å². The molecule has 0 amide bonds. The summed E-state index contributed by atoms with van der Waals surface area (Å²) in [5.41, 5.74) is 4.17. The zero-order valence-electron chi connectivity index (χ0n) is 14.4. The molecule has 0 aliphatic heterocycles. The maximum atomic E-state index is 12.4. The highest BCUT2D eigenvalue weighted by Gasteiger charge is 2.16. The van der Waals surface area contributed by atoms with Crippen LogP contribution in [0.15, 0.2) is 65.5 Å². The van der Waals surface area contributed by atoms with Gasteiger partial charge in [-0.25, -0.2) is 14.8 Å². The fraction of sp³-hybridized carbons (Fsp3) is 0.100. The van der Waals surface area contributed by atoms with Gasteiger partial charge in [-0.15, -0.1) is 0 Å². The van der Waals surface area contributed by atoms with E-state index in [1.54, 1.807) is 14.1 Å². The van der Waals surface area contributed by atoms with Crippen molar-refractivity contribution in [1.29, 1.82) is 0 Å². The Morgan fingerprint density at radius 3 is 1.81 bits per heavy atom. The zero-order valence-corrected chi connectivity index (χ0v) is 15.2. The molecule has 4 rings (SSSR count). The predicted octanol–water partition coefficient (Wildman–Crippen LogP) is 3.73. The van der Waals surface area contributed by atoms with Crippen molar-refractivity contribution in [3.8, 4) is 22.5 Å². The Bertz CT molecular complexity index is 1230. The summed E-state index contributed by atoms with van der Waals surface area (Å²) in [7, 11) is 3.34. The maximum absolute atomic E-state index is 12.4. The summed E-state index contributed by atoms with van der Waals surface area (Å²) in [6, 6.07) is 19.7. The lowest BCUT2D eigenvalue weighted by Crippen LogP contribution is -2.28. The van der Waals surface area contributed by atoms with E-state index in [1.165, 1.54) is 9.13 Å². The van der Waals surface area contributed by atoms with Gasteiger partial charge in [0.1, 0.15) is 10.2 Å². The van der Waals surface area contributed by atoms with Crippen molar-refractivity contribution >= 4 is 23.4 Å². The molecular weight excluding hydrogens is 344 g/mol. The molecule has 128 valence electrons. The lowest BCUT2D eigenvalue weighted by atomic mass is 10.0. The van der Waals surface area contributed by atoms with E-state index in [2.05, 4.69) is 0 Å². The smallest absolute Gasteiger partial charge is 0.286 e. The third kappa shape index (κ3) is 2.55. The van der Waals surface area contributed by atoms with Crippen molar-refractivity contribution in [2.45, 2.75) is 0 Å². The number of hydrogen-bond donors (Lipinski definition) is 0. The van der Waals surface area contributed by atoms with Crippen molar-refractivity contribution in [3.05, 3.63) is 75.8 Å². The molecule has 2 heterocycles. The van der Waals surface area contributed by atoms with E-state index in [9.17, 15) is 4.79 Å². The van der Waals surface area contributed by atoms with Gasteiger partial charge < -0.3 is 0 Å². The SMILES string of the molecule is Cn1c(=S)c2nc(-c3ccccc3)c(-c3ccccc3)nc2n(C)c1=O. The number of rotatable bonds is 2. The quantitative estimate of drug-likeness (QED) is 0.511. The Morgan fingerprint density at radius 1 is 0.769 bits per heavy atom. The third-order valence-electron chi connectivity index (χ3n) is 4.37. The fourth-order valence-electron chi connectivity index (χ4n) is 2.96. The van der Waals surface area contributed by atoms with Crippen LogP contribution >= 0.6 is 12.2 Å². The van der Waals surface area contributed by atoms with Crippen LogP contribution in [-0.2, 0) is 14.1 Å². The second-order valence-corrected chi connectivity index (χ2v) is 6.42. The van der Waals surface area contributed by atoms with Gasteiger partial charge in [-0.3, -0.25) is 9.13 Å². The molecule has 0 aliphatic carbocycles. The Balaban J connectivity index is 2.18. The molecular formula is C20H16N4OS. The summed E-state index contributed by atoms with van der Waals surface area (Å²) in [5.74, 6) is 0. The molecule has 26 heavy (non-hydrogen) atoms. The highest BCUT2D eigenvalue weighted by molar-refractivity contribution is 7.71. The van der Waals surface area contributed by atoms with E-state index in [1.807, 2.05) is 60.7 Å². The van der Waals surface area contributed by atoms with Gasteiger partial charge in [0.05, 0.1) is 11.4 Å². The van der Waals surface area contributed by atoms with Crippen LogP contribution in [0.5, 0.6) is 0 Å². The lowest BCUT2D eigenvalue weighted by Gasteiger charge is -2.13. The first-order valence-electron chi connectivity index (χ1n) is 8.16. The summed E-state index contributed by atoms with van der Waals surface area (Å²) in [5, 5.41) is 0. The molecule has 0 fully saturated rings. The van der Waals surface area contributed by atoms with E-state index < -0.39 is 0 Å². The Morgan fingerprint density at radius 2 is 1.27 bits per heavy atom. The van der Waals surface area contributed by atoms with Crippen LogP contribution in [0.25, 0.3) is 33.7 Å². The Kier molecular flexibility index (Phi) is 3.97. The van der Waals surface area contributed by atoms with Crippen molar-refractivity contribution < 1.29 is 0 Å². The molecule has 0 spiro atoms. The van der Waals surface area contributed by atoms with Gasteiger partial charge in [0, 0.05) is 25.2 Å². The largest absolute Gasteiger partial charge is 0.330 e. The highest BCUT2D eigenvalue weighted by atomic mass is 32.1. The van der Waals surface area contributed by atoms with Gasteiger partial charge in [-0.2, -0.15) is 0 Å². The molecule has 0 unspecified atom stereocenters. The van der Waals surface area contributed by atoms with Crippen LogP contribution in [-0.4, -0.2) is 19.1 Å². The molecule has 0 aliphatic rings. The number of benzene rings is 2. The van der Waals surface area contributed by atoms with E-state index >= 15 is 0 Å². The molecule has 2 aromatic heterocycles. The molecule has 0 saturated heterocycles. The van der Waals surface area contributed by atoms with Gasteiger partial charge in [0.25, 0.3) is 0 Å². The van der Waals surface area contributed by atoms with Crippen LogP contribution in [0, 0.1) is 4.64 Å². The van der Waals surface area contributed by atoms with Crippen LogP contribution in [0.1, 0.15) is 0 Å². The Labute approximate surface area is 155 Å². The zero-order chi connectivity index (χ0) is 18.3. The van der Waals surface area contributed by atoms with Crippen molar-refractivity contribution in [3.63, 3.8) is 0 Å². The van der Waals surface area contributed by atoms with Gasteiger partial charge in [-0.05, 0) is 0 Å². The summed E-state index contributed by atoms with van der Waals surface area (Å²) in [6.07, 6.45) is 0. The molecule has 0 N–H and O–H groups in total. The average molecular weight is 360 g/mol. The van der Waals surface area contributed by atoms with Gasteiger partial charge in [0.2, 0.25) is 0 Å². The average Bonchev–Trinajstić information content (AvgIpc) is 2.71. The first kappa shape index (κ1) is 16.4. The summed E-state index contributed by atoms with van der Waals surface area (Å²) in [4.78, 5) is 22.0. The second-order valence-electron chi connectivity index (χ2n) is 6.03. The third-order valence-corrected chi connectivity index (χ3v) is 4.84. The fourth-order valence-corrected chi connectivity index (χ4v) is 3.17. The molecule has 4 aromatic rings. The molecule has 0 bridgehead atoms. The van der Waals surface area contributed by atoms with E-state index in [4.69, 9.17) is 22.2 Å². The standard InChI is InChI=1S/C20H16N4OS/c1-23-18-17(19(26)24(2)20(23)25)21-15(13-9-5-3-6-10-13)16(22-18)14-11-7-4-8-12-14/h3-12H,1-2H3. The molecule has 0 saturated carbocycles. The number of aryl methyl sites for hydroxylation is 1. The van der Waals surface area contributed by atoms with Crippen LogP contribution in [0.3, 0.4) is 0 Å². The minimum absolute atomic E-state index is 0.219. The van der Waals surface area contributed by atoms with Crippen molar-refractivity contribution in [2.24, 2.45) is 14.1 Å². The summed E-state index contributed by atoms with van der Waals surface area (Å²) < 4.78 is 3.29. The summed E-state index contributed by atoms with van der Waals surface area (Å²) >= 11 is 5.46. The topological polar surface area (TPSA) is 52.7 Å². The van der Waals surface area contributed by atoms with E-state index in [-0.39, 0.29) is 5.69 Å². The van der Waals surface area contributed by atoms with Crippen LogP contribution in [0.2, 0.25) is 0 Å².